The summed E-state index contributed by atoms with van der Waals surface area (Å²) in [4.78, 5) is 17.0. The molecule has 1 aliphatic rings. The molecule has 0 bridgehead atoms. The number of hydrogen-bond donors (Lipinski definition) is 2. The fourth-order valence-corrected chi connectivity index (χ4v) is 2.23. The van der Waals surface area contributed by atoms with Gasteiger partial charge in [-0.15, -0.1) is 0 Å². The van der Waals surface area contributed by atoms with Crippen molar-refractivity contribution in [1.29, 1.82) is 0 Å². The summed E-state index contributed by atoms with van der Waals surface area (Å²) >= 11 is 0. The average Bonchev–Trinajstić information content (AvgIpc) is 2.94. The molecule has 0 aliphatic carbocycles. The lowest BCUT2D eigenvalue weighted by Gasteiger charge is -2.16. The van der Waals surface area contributed by atoms with Crippen LogP contribution in [0, 0.1) is 0 Å². The number of carbonyl (C=O) groups is 1. The summed E-state index contributed by atoms with van der Waals surface area (Å²) in [5.74, 6) is -0.0216. The quantitative estimate of drug-likeness (QED) is 0.780. The van der Waals surface area contributed by atoms with E-state index in [1.54, 1.807) is 17.2 Å². The molecule has 0 fully saturated rings. The molecule has 2 heterocycles. The Balaban J connectivity index is 1.95. The van der Waals surface area contributed by atoms with Crippen molar-refractivity contribution in [3.8, 4) is 0 Å². The van der Waals surface area contributed by atoms with Gasteiger partial charge in [0.1, 0.15) is 5.69 Å². The number of para-hydroxylation sites is 1. The Bertz CT molecular complexity index is 574. The second-order valence-corrected chi connectivity index (χ2v) is 4.18. The number of aromatic nitrogens is 1. The van der Waals surface area contributed by atoms with E-state index in [0.29, 0.717) is 11.4 Å². The second kappa shape index (κ2) is 3.66. The molecule has 3 N–H and O–H groups in total. The molecular weight excluding hydrogens is 214 g/mol. The van der Waals surface area contributed by atoms with Gasteiger partial charge in [-0.3, -0.25) is 4.79 Å². The molecule has 0 saturated heterocycles. The average molecular weight is 227 g/mol. The number of fused-ring (bicyclic) bond motifs is 1. The first-order valence-electron chi connectivity index (χ1n) is 5.59. The van der Waals surface area contributed by atoms with Gasteiger partial charge in [0.2, 0.25) is 0 Å². The number of nitrogen functional groups attached to an aromatic ring is 1. The highest BCUT2D eigenvalue weighted by Crippen LogP contribution is 2.28. The first-order valence-corrected chi connectivity index (χ1v) is 5.59. The molecule has 17 heavy (non-hydrogen) atoms. The lowest BCUT2D eigenvalue weighted by Crippen LogP contribution is -2.29. The lowest BCUT2D eigenvalue weighted by atomic mass is 10.2. The number of carbonyl (C=O) groups excluding carboxylic acids is 1. The Morgan fingerprint density at radius 3 is 2.94 bits per heavy atom. The topological polar surface area (TPSA) is 62.1 Å². The van der Waals surface area contributed by atoms with E-state index in [4.69, 9.17) is 5.73 Å². The molecule has 1 aromatic heterocycles. The van der Waals surface area contributed by atoms with E-state index in [9.17, 15) is 4.79 Å². The first kappa shape index (κ1) is 9.96. The van der Waals surface area contributed by atoms with Crippen LogP contribution in [0.5, 0.6) is 0 Å². The molecule has 1 aliphatic heterocycles. The number of hydrogen-bond acceptors (Lipinski definition) is 2. The number of rotatable bonds is 1. The van der Waals surface area contributed by atoms with Crippen molar-refractivity contribution in [1.82, 2.24) is 4.98 Å². The molecule has 0 saturated carbocycles. The zero-order valence-electron chi connectivity index (χ0n) is 9.31. The molecule has 0 spiro atoms. The summed E-state index contributed by atoms with van der Waals surface area (Å²) in [6.45, 7) is 0.733. The van der Waals surface area contributed by atoms with Gasteiger partial charge in [-0.2, -0.15) is 0 Å². The molecule has 2 aromatic rings. The third kappa shape index (κ3) is 1.58. The van der Waals surface area contributed by atoms with E-state index >= 15 is 0 Å². The van der Waals surface area contributed by atoms with Crippen molar-refractivity contribution >= 4 is 17.3 Å². The highest BCUT2D eigenvalue weighted by Gasteiger charge is 2.25. The predicted molar refractivity (Wildman–Crippen MR) is 67.0 cm³/mol. The summed E-state index contributed by atoms with van der Waals surface area (Å²) < 4.78 is 0. The van der Waals surface area contributed by atoms with Crippen molar-refractivity contribution in [2.45, 2.75) is 6.42 Å². The number of H-pyrrole nitrogens is 1. The second-order valence-electron chi connectivity index (χ2n) is 4.18. The van der Waals surface area contributed by atoms with Crippen LogP contribution in [0.4, 0.5) is 11.4 Å². The van der Waals surface area contributed by atoms with Gasteiger partial charge in [0.05, 0.1) is 0 Å². The number of nitrogens with zero attached hydrogens (tertiary/aromatic N) is 1. The maximum atomic E-state index is 12.3. The Labute approximate surface area is 99.0 Å². The number of nitrogens with one attached hydrogen (secondary N) is 1. The van der Waals surface area contributed by atoms with Crippen LogP contribution >= 0.6 is 0 Å². The standard InChI is InChI=1S/C13H13N3O/c14-10-7-11(15-8-10)13(17)16-6-5-9-3-1-2-4-12(9)16/h1-4,7-8,15H,5-6,14H2. The molecule has 0 radical (unpaired) electrons. The smallest absolute Gasteiger partial charge is 0.274 e. The summed E-state index contributed by atoms with van der Waals surface area (Å²) in [5, 5.41) is 0. The summed E-state index contributed by atoms with van der Waals surface area (Å²) in [7, 11) is 0. The Hall–Kier alpha value is -2.23. The monoisotopic (exact) mass is 227 g/mol. The summed E-state index contributed by atoms with van der Waals surface area (Å²) in [6.07, 6.45) is 2.55. The van der Waals surface area contributed by atoms with Gasteiger partial charge in [-0.05, 0) is 24.1 Å². The van der Waals surface area contributed by atoms with Crippen molar-refractivity contribution in [2.75, 3.05) is 17.2 Å². The minimum atomic E-state index is -0.0216. The van der Waals surface area contributed by atoms with Gasteiger partial charge >= 0.3 is 0 Å². The Kier molecular flexibility index (Phi) is 2.14. The fourth-order valence-electron chi connectivity index (χ4n) is 2.23. The molecular formula is C13H13N3O. The Morgan fingerprint density at radius 2 is 2.18 bits per heavy atom. The van der Waals surface area contributed by atoms with Crippen LogP contribution in [0.15, 0.2) is 36.5 Å². The van der Waals surface area contributed by atoms with Crippen molar-refractivity contribution in [3.63, 3.8) is 0 Å². The number of amides is 1. The summed E-state index contributed by atoms with van der Waals surface area (Å²) in [6, 6.07) is 9.66. The minimum absolute atomic E-state index is 0.0216. The van der Waals surface area contributed by atoms with Crippen LogP contribution in [-0.4, -0.2) is 17.4 Å². The molecule has 0 unspecified atom stereocenters. The van der Waals surface area contributed by atoms with Crippen LogP contribution < -0.4 is 10.6 Å². The summed E-state index contributed by atoms with van der Waals surface area (Å²) in [5.41, 5.74) is 8.96. The largest absolute Gasteiger partial charge is 0.397 e. The maximum absolute atomic E-state index is 12.3. The van der Waals surface area contributed by atoms with Crippen molar-refractivity contribution in [3.05, 3.63) is 47.8 Å². The molecule has 1 aromatic carbocycles. The molecule has 1 amide bonds. The zero-order valence-corrected chi connectivity index (χ0v) is 9.31. The molecule has 4 nitrogen and oxygen atoms in total. The highest BCUT2D eigenvalue weighted by atomic mass is 16.2. The van der Waals surface area contributed by atoms with E-state index in [0.717, 1.165) is 18.7 Å². The van der Waals surface area contributed by atoms with Crippen molar-refractivity contribution in [2.24, 2.45) is 0 Å². The van der Waals surface area contributed by atoms with Gasteiger partial charge in [-0.1, -0.05) is 18.2 Å². The van der Waals surface area contributed by atoms with Crippen LogP contribution in [-0.2, 0) is 6.42 Å². The van der Waals surface area contributed by atoms with Crippen LogP contribution in [0.3, 0.4) is 0 Å². The van der Waals surface area contributed by atoms with Gasteiger partial charge in [0, 0.05) is 24.1 Å². The third-order valence-corrected chi connectivity index (χ3v) is 3.07. The number of benzene rings is 1. The van der Waals surface area contributed by atoms with Crippen LogP contribution in [0.25, 0.3) is 0 Å². The number of nitrogens with two attached hydrogens (primary N) is 1. The van der Waals surface area contributed by atoms with Crippen LogP contribution in [0.1, 0.15) is 16.1 Å². The highest BCUT2D eigenvalue weighted by molar-refractivity contribution is 6.06. The van der Waals surface area contributed by atoms with E-state index < -0.39 is 0 Å². The Morgan fingerprint density at radius 1 is 1.35 bits per heavy atom. The van der Waals surface area contributed by atoms with E-state index in [1.165, 1.54) is 5.56 Å². The van der Waals surface area contributed by atoms with Gasteiger partial charge < -0.3 is 15.6 Å². The van der Waals surface area contributed by atoms with Gasteiger partial charge in [0.15, 0.2) is 0 Å². The minimum Gasteiger partial charge on any atom is -0.397 e. The van der Waals surface area contributed by atoms with Gasteiger partial charge in [0.25, 0.3) is 5.91 Å². The molecule has 4 heteroatoms. The lowest BCUT2D eigenvalue weighted by molar-refractivity contribution is 0.0985. The molecule has 3 rings (SSSR count). The normalized spacial score (nSPS) is 13.8. The van der Waals surface area contributed by atoms with E-state index in [2.05, 4.69) is 11.1 Å². The van der Waals surface area contributed by atoms with Gasteiger partial charge in [-0.25, -0.2) is 0 Å². The number of aromatic amines is 1. The molecule has 86 valence electrons. The predicted octanol–water partition coefficient (Wildman–Crippen LogP) is 1.80. The third-order valence-electron chi connectivity index (χ3n) is 3.07. The fraction of sp³-hybridized carbons (Fsp3) is 0.154. The van der Waals surface area contributed by atoms with E-state index in [1.807, 2.05) is 18.2 Å². The van der Waals surface area contributed by atoms with Crippen molar-refractivity contribution < 1.29 is 4.79 Å². The zero-order chi connectivity index (χ0) is 11.8. The maximum Gasteiger partial charge on any atom is 0.274 e. The number of anilines is 2. The SMILES string of the molecule is Nc1c[nH]c(C(=O)N2CCc3ccccc32)c1. The first-order chi connectivity index (χ1) is 8.25. The molecule has 0 atom stereocenters. The van der Waals surface area contributed by atoms with Crippen LogP contribution in [0.2, 0.25) is 0 Å². The van der Waals surface area contributed by atoms with E-state index in [-0.39, 0.29) is 5.91 Å².